The second-order valence-electron chi connectivity index (χ2n) is 5.96. The predicted octanol–water partition coefficient (Wildman–Crippen LogP) is 1.90. The number of amides is 3. The van der Waals surface area contributed by atoms with Crippen LogP contribution in [0.25, 0.3) is 5.69 Å². The van der Waals surface area contributed by atoms with Crippen LogP contribution >= 0.6 is 11.8 Å². The molecule has 1 heterocycles. The van der Waals surface area contributed by atoms with Crippen LogP contribution in [0.1, 0.15) is 23.4 Å². The summed E-state index contributed by atoms with van der Waals surface area (Å²) in [5, 5.41) is 9.97. The van der Waals surface area contributed by atoms with E-state index in [-0.39, 0.29) is 5.91 Å². The Morgan fingerprint density at radius 1 is 1.27 bits per heavy atom. The molecule has 0 aliphatic carbocycles. The summed E-state index contributed by atoms with van der Waals surface area (Å²) >= 11 is 1.61. The minimum absolute atomic E-state index is 0.246. The fraction of sp³-hybridized carbons (Fsp3) is 0.389. The molecule has 0 fully saturated rings. The molecule has 2 rings (SSSR count). The molecule has 0 aliphatic heterocycles. The lowest BCUT2D eigenvalue weighted by Gasteiger charge is -2.17. The zero-order chi connectivity index (χ0) is 19.1. The summed E-state index contributed by atoms with van der Waals surface area (Å²) in [4.78, 5) is 23.6. The Labute approximate surface area is 157 Å². The van der Waals surface area contributed by atoms with Gasteiger partial charge in [0.05, 0.1) is 11.4 Å². The molecule has 1 unspecified atom stereocenters. The van der Waals surface area contributed by atoms with Gasteiger partial charge in [0.2, 0.25) is 5.91 Å². The van der Waals surface area contributed by atoms with Crippen LogP contribution in [-0.4, -0.2) is 39.8 Å². The van der Waals surface area contributed by atoms with Gasteiger partial charge >= 0.3 is 6.03 Å². The number of thioether (sulfide) groups is 1. The molecule has 0 saturated carbocycles. The largest absolute Gasteiger partial charge is 0.352 e. The molecule has 0 spiro atoms. The van der Waals surface area contributed by atoms with Crippen LogP contribution in [-0.2, 0) is 11.3 Å². The van der Waals surface area contributed by atoms with E-state index in [1.165, 1.54) is 0 Å². The highest BCUT2D eigenvalue weighted by Gasteiger charge is 2.20. The van der Waals surface area contributed by atoms with Crippen LogP contribution < -0.4 is 16.4 Å². The number of carbonyl (C=O) groups is 2. The lowest BCUT2D eigenvalue weighted by Crippen LogP contribution is -2.48. The number of aromatic nitrogens is 2. The first-order valence-corrected chi connectivity index (χ1v) is 9.76. The number of hydrogen-bond acceptors (Lipinski definition) is 4. The number of benzene rings is 1. The van der Waals surface area contributed by atoms with Gasteiger partial charge in [0.1, 0.15) is 6.04 Å². The third-order valence-corrected chi connectivity index (χ3v) is 4.77. The van der Waals surface area contributed by atoms with Crippen LogP contribution in [0.5, 0.6) is 0 Å². The number of para-hydroxylation sites is 1. The highest BCUT2D eigenvalue weighted by Crippen LogP contribution is 2.17. The van der Waals surface area contributed by atoms with Crippen molar-refractivity contribution in [2.75, 3.05) is 12.0 Å². The average Bonchev–Trinajstić information content (AvgIpc) is 2.91. The number of primary amides is 1. The first-order valence-electron chi connectivity index (χ1n) is 8.37. The smallest absolute Gasteiger partial charge is 0.312 e. The van der Waals surface area contributed by atoms with Gasteiger partial charge in [-0.3, -0.25) is 4.79 Å². The van der Waals surface area contributed by atoms with Crippen molar-refractivity contribution in [3.05, 3.63) is 47.3 Å². The monoisotopic (exact) mass is 375 g/mol. The Hall–Kier alpha value is -2.48. The van der Waals surface area contributed by atoms with Gasteiger partial charge in [-0.25, -0.2) is 9.48 Å². The zero-order valence-electron chi connectivity index (χ0n) is 15.3. The molecule has 8 heteroatoms. The third kappa shape index (κ3) is 5.01. The number of rotatable bonds is 8. The first-order chi connectivity index (χ1) is 12.4. The fourth-order valence-corrected chi connectivity index (χ4v) is 3.20. The summed E-state index contributed by atoms with van der Waals surface area (Å²) in [6.45, 7) is 4.24. The molecule has 140 valence electrons. The molecule has 1 aromatic heterocycles. The maximum absolute atomic E-state index is 12.4. The number of nitrogens with zero attached hydrogens (tertiary/aromatic N) is 2. The normalized spacial score (nSPS) is 11.8. The molecule has 0 aliphatic rings. The van der Waals surface area contributed by atoms with Gasteiger partial charge in [0.25, 0.3) is 0 Å². The summed E-state index contributed by atoms with van der Waals surface area (Å²) in [5.74, 6) is 0.506. The second kappa shape index (κ2) is 9.28. The Balaban J connectivity index is 2.09. The molecule has 0 radical (unpaired) electrons. The van der Waals surface area contributed by atoms with Crippen LogP contribution in [0.3, 0.4) is 0 Å². The number of nitrogens with one attached hydrogen (secondary N) is 2. The number of carbonyl (C=O) groups excluding carboxylic acids is 2. The predicted molar refractivity (Wildman–Crippen MR) is 104 cm³/mol. The number of nitrogens with two attached hydrogens (primary N) is 1. The van der Waals surface area contributed by atoms with Crippen LogP contribution in [0.15, 0.2) is 30.3 Å². The summed E-state index contributed by atoms with van der Waals surface area (Å²) in [6, 6.07) is 8.50. The molecule has 26 heavy (non-hydrogen) atoms. The van der Waals surface area contributed by atoms with Gasteiger partial charge in [0, 0.05) is 17.8 Å². The van der Waals surface area contributed by atoms with E-state index < -0.39 is 12.1 Å². The summed E-state index contributed by atoms with van der Waals surface area (Å²) < 4.78 is 1.86. The SMILES string of the molecule is CSCCC(NC(N)=O)C(=O)NCc1c(C)nn(-c2ccccc2)c1C. The molecule has 3 amide bonds. The van der Waals surface area contributed by atoms with Crippen molar-refractivity contribution in [3.8, 4) is 5.69 Å². The Morgan fingerprint density at radius 2 is 1.96 bits per heavy atom. The topological polar surface area (TPSA) is 102 Å². The van der Waals surface area contributed by atoms with Gasteiger partial charge in [-0.05, 0) is 44.4 Å². The summed E-state index contributed by atoms with van der Waals surface area (Å²) in [7, 11) is 0. The van der Waals surface area contributed by atoms with Crippen LogP contribution in [0.2, 0.25) is 0 Å². The van der Waals surface area contributed by atoms with E-state index in [2.05, 4.69) is 15.7 Å². The van der Waals surface area contributed by atoms with Crippen molar-refractivity contribution < 1.29 is 9.59 Å². The van der Waals surface area contributed by atoms with Crippen molar-refractivity contribution in [2.45, 2.75) is 32.9 Å². The highest BCUT2D eigenvalue weighted by atomic mass is 32.2. The summed E-state index contributed by atoms with van der Waals surface area (Å²) in [6.07, 6.45) is 2.47. The molecular weight excluding hydrogens is 350 g/mol. The van der Waals surface area contributed by atoms with Crippen molar-refractivity contribution >= 4 is 23.7 Å². The quantitative estimate of drug-likeness (QED) is 0.656. The Morgan fingerprint density at radius 3 is 2.58 bits per heavy atom. The van der Waals surface area contributed by atoms with Crippen LogP contribution in [0.4, 0.5) is 4.79 Å². The lowest BCUT2D eigenvalue weighted by molar-refractivity contribution is -0.123. The van der Waals surface area contributed by atoms with Crippen molar-refractivity contribution in [1.29, 1.82) is 0 Å². The highest BCUT2D eigenvalue weighted by molar-refractivity contribution is 7.98. The lowest BCUT2D eigenvalue weighted by atomic mass is 10.1. The van der Waals surface area contributed by atoms with Crippen LogP contribution in [0, 0.1) is 13.8 Å². The van der Waals surface area contributed by atoms with Gasteiger partial charge in [-0.1, -0.05) is 18.2 Å². The molecule has 0 bridgehead atoms. The van der Waals surface area contributed by atoms with Gasteiger partial charge in [-0.2, -0.15) is 16.9 Å². The van der Waals surface area contributed by atoms with E-state index in [0.717, 1.165) is 28.4 Å². The number of urea groups is 1. The minimum atomic E-state index is -0.699. The zero-order valence-corrected chi connectivity index (χ0v) is 16.1. The molecule has 0 saturated heterocycles. The standard InChI is InChI=1S/C18H25N5O2S/c1-12-15(13(2)23(22-12)14-7-5-4-6-8-14)11-20-17(24)16(9-10-26-3)21-18(19)25/h4-8,16H,9-11H2,1-3H3,(H,20,24)(H3,19,21,25). The Kier molecular flexibility index (Phi) is 7.08. The first kappa shape index (κ1) is 19.8. The van der Waals surface area contributed by atoms with E-state index in [1.54, 1.807) is 11.8 Å². The third-order valence-electron chi connectivity index (χ3n) is 4.12. The molecule has 7 nitrogen and oxygen atoms in total. The van der Waals surface area contributed by atoms with Gasteiger partial charge < -0.3 is 16.4 Å². The fourth-order valence-electron chi connectivity index (χ4n) is 2.73. The van der Waals surface area contributed by atoms with Crippen molar-refractivity contribution in [3.63, 3.8) is 0 Å². The van der Waals surface area contributed by atoms with Gasteiger partial charge in [-0.15, -0.1) is 0 Å². The summed E-state index contributed by atoms with van der Waals surface area (Å²) in [5.41, 5.74) is 8.94. The number of hydrogen-bond donors (Lipinski definition) is 3. The van der Waals surface area contributed by atoms with Gasteiger partial charge in [0.15, 0.2) is 0 Å². The molecule has 1 atom stereocenters. The molecular formula is C18H25N5O2S. The van der Waals surface area contributed by atoms with E-state index in [9.17, 15) is 9.59 Å². The van der Waals surface area contributed by atoms with E-state index in [0.29, 0.717) is 13.0 Å². The Bertz CT molecular complexity index is 760. The molecule has 4 N–H and O–H groups in total. The maximum Gasteiger partial charge on any atom is 0.312 e. The molecule has 1 aromatic carbocycles. The van der Waals surface area contributed by atoms with E-state index in [4.69, 9.17) is 5.73 Å². The average molecular weight is 375 g/mol. The maximum atomic E-state index is 12.4. The van der Waals surface area contributed by atoms with E-state index >= 15 is 0 Å². The minimum Gasteiger partial charge on any atom is -0.352 e. The van der Waals surface area contributed by atoms with Crippen molar-refractivity contribution in [2.24, 2.45) is 5.73 Å². The molecule has 2 aromatic rings. The van der Waals surface area contributed by atoms with E-state index in [1.807, 2.05) is 55.1 Å². The second-order valence-corrected chi connectivity index (χ2v) is 6.94. The van der Waals surface area contributed by atoms with Crippen molar-refractivity contribution in [1.82, 2.24) is 20.4 Å². The number of aryl methyl sites for hydroxylation is 1.